The normalized spacial score (nSPS) is 15.4. The van der Waals surface area contributed by atoms with Crippen molar-refractivity contribution in [2.75, 3.05) is 25.0 Å². The molecule has 2 N–H and O–H groups in total. The summed E-state index contributed by atoms with van der Waals surface area (Å²) >= 11 is 0. The molecule has 20 heavy (non-hydrogen) atoms. The second-order valence-corrected chi connectivity index (χ2v) is 4.58. The van der Waals surface area contributed by atoms with Crippen molar-refractivity contribution < 1.29 is 19.6 Å². The standard InChI is InChI=1S/C12H13N3O5/c16-11(7-14-5-8(6-14)12(17)18)13-9-1-3-10(4-2-9)15(19)20/h1-4,8H,5-7H2,(H,13,16)(H,17,18). The highest BCUT2D eigenvalue weighted by Crippen LogP contribution is 2.17. The zero-order chi connectivity index (χ0) is 14.7. The minimum Gasteiger partial charge on any atom is -0.481 e. The molecule has 0 aliphatic carbocycles. The number of carboxylic acids is 1. The lowest BCUT2D eigenvalue weighted by Crippen LogP contribution is -2.52. The van der Waals surface area contributed by atoms with Gasteiger partial charge in [-0.2, -0.15) is 0 Å². The van der Waals surface area contributed by atoms with Gasteiger partial charge in [-0.3, -0.25) is 24.6 Å². The van der Waals surface area contributed by atoms with Crippen molar-refractivity contribution in [2.24, 2.45) is 5.92 Å². The summed E-state index contributed by atoms with van der Waals surface area (Å²) in [5.41, 5.74) is 0.422. The number of nitrogens with one attached hydrogen (secondary N) is 1. The first-order chi connectivity index (χ1) is 9.45. The molecule has 1 aliphatic heterocycles. The van der Waals surface area contributed by atoms with Gasteiger partial charge in [-0.05, 0) is 12.1 Å². The maximum atomic E-state index is 11.7. The SMILES string of the molecule is O=C(CN1CC(C(=O)O)C1)Nc1ccc([N+](=O)[O-])cc1. The highest BCUT2D eigenvalue weighted by molar-refractivity contribution is 5.92. The van der Waals surface area contributed by atoms with Gasteiger partial charge in [-0.25, -0.2) is 0 Å². The van der Waals surface area contributed by atoms with Crippen molar-refractivity contribution in [3.05, 3.63) is 34.4 Å². The number of non-ortho nitro benzene ring substituents is 1. The number of rotatable bonds is 5. The molecule has 1 aliphatic rings. The number of likely N-dealkylation sites (tertiary alicyclic amines) is 1. The average molecular weight is 279 g/mol. The van der Waals surface area contributed by atoms with E-state index in [1.54, 1.807) is 4.90 Å². The van der Waals surface area contributed by atoms with Gasteiger partial charge < -0.3 is 10.4 Å². The zero-order valence-electron chi connectivity index (χ0n) is 10.5. The van der Waals surface area contributed by atoms with Gasteiger partial charge in [-0.1, -0.05) is 0 Å². The van der Waals surface area contributed by atoms with Crippen LogP contribution in [0.25, 0.3) is 0 Å². The van der Waals surface area contributed by atoms with E-state index in [9.17, 15) is 19.7 Å². The molecular weight excluding hydrogens is 266 g/mol. The van der Waals surface area contributed by atoms with Gasteiger partial charge in [0.1, 0.15) is 0 Å². The molecule has 0 aromatic heterocycles. The van der Waals surface area contributed by atoms with Gasteiger partial charge in [0, 0.05) is 30.9 Å². The van der Waals surface area contributed by atoms with Crippen LogP contribution >= 0.6 is 0 Å². The van der Waals surface area contributed by atoms with Crippen molar-refractivity contribution in [1.82, 2.24) is 4.90 Å². The Morgan fingerprint density at radius 2 is 1.95 bits per heavy atom. The molecule has 8 nitrogen and oxygen atoms in total. The number of nitro groups is 1. The molecule has 106 valence electrons. The first kappa shape index (κ1) is 13.9. The second kappa shape index (κ2) is 5.66. The Labute approximate surface area is 114 Å². The van der Waals surface area contributed by atoms with E-state index in [-0.39, 0.29) is 18.1 Å². The summed E-state index contributed by atoms with van der Waals surface area (Å²) in [5, 5.41) is 21.8. The Balaban J connectivity index is 1.80. The Morgan fingerprint density at radius 1 is 1.35 bits per heavy atom. The van der Waals surface area contributed by atoms with Gasteiger partial charge in [0.05, 0.1) is 17.4 Å². The summed E-state index contributed by atoms with van der Waals surface area (Å²) in [6, 6.07) is 5.51. The predicted molar refractivity (Wildman–Crippen MR) is 69.3 cm³/mol. The van der Waals surface area contributed by atoms with Gasteiger partial charge >= 0.3 is 5.97 Å². The average Bonchev–Trinajstić information content (AvgIpc) is 2.33. The lowest BCUT2D eigenvalue weighted by Gasteiger charge is -2.35. The van der Waals surface area contributed by atoms with Gasteiger partial charge in [-0.15, -0.1) is 0 Å². The third-order valence-electron chi connectivity index (χ3n) is 3.04. The van der Waals surface area contributed by atoms with E-state index >= 15 is 0 Å². The van der Waals surface area contributed by atoms with E-state index < -0.39 is 16.8 Å². The highest BCUT2D eigenvalue weighted by atomic mass is 16.6. The molecule has 0 spiro atoms. The third-order valence-corrected chi connectivity index (χ3v) is 3.04. The van der Waals surface area contributed by atoms with E-state index in [1.165, 1.54) is 24.3 Å². The molecule has 0 bridgehead atoms. The predicted octanol–water partition coefficient (Wildman–Crippen LogP) is 0.550. The fourth-order valence-electron chi connectivity index (χ4n) is 1.93. The largest absolute Gasteiger partial charge is 0.481 e. The molecule has 0 saturated carbocycles. The smallest absolute Gasteiger partial charge is 0.309 e. The molecule has 1 amide bonds. The van der Waals surface area contributed by atoms with E-state index in [0.717, 1.165) is 0 Å². The van der Waals surface area contributed by atoms with Crippen molar-refractivity contribution in [3.8, 4) is 0 Å². The number of anilines is 1. The molecule has 2 rings (SSSR count). The number of amides is 1. The summed E-state index contributed by atoms with van der Waals surface area (Å²) < 4.78 is 0. The van der Waals surface area contributed by atoms with E-state index in [4.69, 9.17) is 5.11 Å². The number of carbonyl (C=O) groups is 2. The van der Waals surface area contributed by atoms with Crippen LogP contribution in [0.2, 0.25) is 0 Å². The van der Waals surface area contributed by atoms with Crippen LogP contribution in [-0.2, 0) is 9.59 Å². The van der Waals surface area contributed by atoms with Gasteiger partial charge in [0.15, 0.2) is 0 Å². The Hall–Kier alpha value is -2.48. The molecule has 8 heteroatoms. The lowest BCUT2D eigenvalue weighted by molar-refractivity contribution is -0.384. The van der Waals surface area contributed by atoms with E-state index in [2.05, 4.69) is 5.32 Å². The summed E-state index contributed by atoms with van der Waals surface area (Å²) in [4.78, 5) is 34.0. The van der Waals surface area contributed by atoms with Crippen LogP contribution in [0.1, 0.15) is 0 Å². The Bertz CT molecular complexity index is 537. The summed E-state index contributed by atoms with van der Waals surface area (Å²) in [6.45, 7) is 0.840. The molecule has 0 unspecified atom stereocenters. The number of benzene rings is 1. The monoisotopic (exact) mass is 279 g/mol. The van der Waals surface area contributed by atoms with Crippen LogP contribution in [0.5, 0.6) is 0 Å². The van der Waals surface area contributed by atoms with Crippen molar-refractivity contribution in [3.63, 3.8) is 0 Å². The van der Waals surface area contributed by atoms with Crippen LogP contribution in [0.4, 0.5) is 11.4 Å². The number of aliphatic carboxylic acids is 1. The van der Waals surface area contributed by atoms with Crippen LogP contribution in [-0.4, -0.2) is 46.4 Å². The van der Waals surface area contributed by atoms with Crippen molar-refractivity contribution in [2.45, 2.75) is 0 Å². The third kappa shape index (κ3) is 3.29. The molecule has 1 saturated heterocycles. The van der Waals surface area contributed by atoms with E-state index in [1.807, 2.05) is 0 Å². The molecule has 1 heterocycles. The molecule has 0 atom stereocenters. The highest BCUT2D eigenvalue weighted by Gasteiger charge is 2.33. The minimum absolute atomic E-state index is 0.0463. The number of hydrogen-bond acceptors (Lipinski definition) is 5. The first-order valence-electron chi connectivity index (χ1n) is 5.95. The molecule has 1 aromatic carbocycles. The van der Waals surface area contributed by atoms with Crippen molar-refractivity contribution in [1.29, 1.82) is 0 Å². The van der Waals surface area contributed by atoms with Crippen molar-refractivity contribution >= 4 is 23.3 Å². The Kier molecular flexibility index (Phi) is 3.94. The maximum Gasteiger partial charge on any atom is 0.309 e. The van der Waals surface area contributed by atoms with Crippen LogP contribution in [0.3, 0.4) is 0 Å². The van der Waals surface area contributed by atoms with Crippen LogP contribution in [0, 0.1) is 16.0 Å². The lowest BCUT2D eigenvalue weighted by atomic mass is 10.0. The summed E-state index contributed by atoms with van der Waals surface area (Å²) in [6.07, 6.45) is 0. The molecular formula is C12H13N3O5. The first-order valence-corrected chi connectivity index (χ1v) is 5.95. The van der Waals surface area contributed by atoms with Gasteiger partial charge in [0.25, 0.3) is 5.69 Å². The number of carbonyl (C=O) groups excluding carboxylic acids is 1. The Morgan fingerprint density at radius 3 is 2.45 bits per heavy atom. The number of nitrogens with zero attached hydrogens (tertiary/aromatic N) is 2. The fourth-order valence-corrected chi connectivity index (χ4v) is 1.93. The molecule has 1 aromatic rings. The number of carboxylic acid groups (broad SMARTS) is 1. The van der Waals surface area contributed by atoms with Crippen LogP contribution < -0.4 is 5.32 Å². The van der Waals surface area contributed by atoms with Crippen LogP contribution in [0.15, 0.2) is 24.3 Å². The number of nitro benzene ring substituents is 1. The molecule has 0 radical (unpaired) electrons. The van der Waals surface area contributed by atoms with Gasteiger partial charge in [0.2, 0.25) is 5.91 Å². The van der Waals surface area contributed by atoms with E-state index in [0.29, 0.717) is 18.8 Å². The maximum absolute atomic E-state index is 11.7. The summed E-state index contributed by atoms with van der Waals surface area (Å²) in [7, 11) is 0. The fraction of sp³-hybridized carbons (Fsp3) is 0.333. The number of hydrogen-bond donors (Lipinski definition) is 2. The quantitative estimate of drug-likeness (QED) is 0.601. The molecule has 1 fully saturated rings. The minimum atomic E-state index is -0.850. The second-order valence-electron chi connectivity index (χ2n) is 4.58. The zero-order valence-corrected chi connectivity index (χ0v) is 10.5. The topological polar surface area (TPSA) is 113 Å². The summed E-state index contributed by atoms with van der Waals surface area (Å²) in [5.74, 6) is -1.53.